The fourth-order valence-corrected chi connectivity index (χ4v) is 3.60. The Morgan fingerprint density at radius 2 is 1.84 bits per heavy atom. The number of halogens is 3. The first kappa shape index (κ1) is 18.1. The average Bonchev–Trinajstić information content (AvgIpc) is 3.11. The molecule has 1 saturated heterocycles. The zero-order valence-corrected chi connectivity index (χ0v) is 13.9. The van der Waals surface area contributed by atoms with E-state index in [0.29, 0.717) is 6.54 Å². The van der Waals surface area contributed by atoms with Gasteiger partial charge in [0.2, 0.25) is 5.91 Å². The highest BCUT2D eigenvalue weighted by Gasteiger charge is 2.47. The first-order chi connectivity index (χ1) is 11.9. The summed E-state index contributed by atoms with van der Waals surface area (Å²) in [6, 6.07) is 1.22. The smallest absolute Gasteiger partial charge is 0.334 e. The lowest BCUT2D eigenvalue weighted by atomic mass is 9.93. The molecule has 1 aromatic rings. The van der Waals surface area contributed by atoms with E-state index >= 15 is 0 Å². The van der Waals surface area contributed by atoms with Crippen molar-refractivity contribution in [2.45, 2.75) is 69.4 Å². The van der Waals surface area contributed by atoms with Crippen molar-refractivity contribution >= 4 is 5.91 Å². The van der Waals surface area contributed by atoms with Gasteiger partial charge < -0.3 is 4.90 Å². The van der Waals surface area contributed by atoms with Gasteiger partial charge in [0.15, 0.2) is 0 Å². The van der Waals surface area contributed by atoms with Crippen LogP contribution in [0.3, 0.4) is 0 Å². The van der Waals surface area contributed by atoms with Crippen molar-refractivity contribution < 1.29 is 18.0 Å². The topological polar surface area (TPSA) is 57.3 Å². The van der Waals surface area contributed by atoms with Crippen molar-refractivity contribution in [3.8, 4) is 0 Å². The molecule has 0 aromatic carbocycles. The summed E-state index contributed by atoms with van der Waals surface area (Å²) in [6.45, 7) is 0.404. The lowest BCUT2D eigenvalue weighted by Crippen LogP contribution is -2.50. The fourth-order valence-electron chi connectivity index (χ4n) is 3.60. The summed E-state index contributed by atoms with van der Waals surface area (Å²) in [4.78, 5) is 18.7. The van der Waals surface area contributed by atoms with Gasteiger partial charge in [-0.05, 0) is 37.0 Å². The van der Waals surface area contributed by atoms with Gasteiger partial charge in [0, 0.05) is 25.0 Å². The molecule has 2 fully saturated rings. The minimum atomic E-state index is -4.36. The maximum atomic E-state index is 13.0. The maximum absolute atomic E-state index is 13.0. The van der Waals surface area contributed by atoms with Crippen LogP contribution in [0.25, 0.3) is 0 Å². The third-order valence-electron chi connectivity index (χ3n) is 5.00. The van der Waals surface area contributed by atoms with Gasteiger partial charge in [-0.3, -0.25) is 9.78 Å². The van der Waals surface area contributed by atoms with E-state index in [1.807, 2.05) is 12.1 Å². The van der Waals surface area contributed by atoms with Crippen LogP contribution in [0.2, 0.25) is 0 Å². The van der Waals surface area contributed by atoms with Crippen molar-refractivity contribution in [2.24, 2.45) is 0 Å². The number of alkyl halides is 3. The van der Waals surface area contributed by atoms with Crippen LogP contribution < -0.4 is 10.9 Å². The average molecular weight is 356 g/mol. The minimum Gasteiger partial charge on any atom is -0.334 e. The number of amides is 1. The summed E-state index contributed by atoms with van der Waals surface area (Å²) in [5.41, 5.74) is 5.70. The van der Waals surface area contributed by atoms with Gasteiger partial charge in [-0.2, -0.15) is 13.2 Å². The van der Waals surface area contributed by atoms with E-state index in [4.69, 9.17) is 0 Å². The molecule has 2 N–H and O–H groups in total. The van der Waals surface area contributed by atoms with Gasteiger partial charge in [0.25, 0.3) is 0 Å². The monoisotopic (exact) mass is 356 g/mol. The molecule has 1 saturated carbocycles. The predicted molar refractivity (Wildman–Crippen MR) is 86.2 cm³/mol. The normalized spacial score (nSPS) is 25.1. The number of carbonyl (C=O) groups is 1. The highest BCUT2D eigenvalue weighted by molar-refractivity contribution is 5.82. The summed E-state index contributed by atoms with van der Waals surface area (Å²) in [7, 11) is 0. The highest BCUT2D eigenvalue weighted by atomic mass is 19.4. The Morgan fingerprint density at radius 1 is 1.16 bits per heavy atom. The molecule has 8 heteroatoms. The second kappa shape index (κ2) is 7.70. The summed E-state index contributed by atoms with van der Waals surface area (Å²) >= 11 is 0. The van der Waals surface area contributed by atoms with Crippen molar-refractivity contribution in [1.82, 2.24) is 20.7 Å². The van der Waals surface area contributed by atoms with Gasteiger partial charge >= 0.3 is 6.18 Å². The number of carbonyl (C=O) groups excluding carboxylic acids is 1. The Kier molecular flexibility index (Phi) is 5.58. The molecule has 0 spiro atoms. The maximum Gasteiger partial charge on any atom is 0.405 e. The molecule has 3 rings (SSSR count). The quantitative estimate of drug-likeness (QED) is 0.871. The second-order valence-corrected chi connectivity index (χ2v) is 6.78. The van der Waals surface area contributed by atoms with Crippen LogP contribution in [0.1, 0.15) is 44.1 Å². The first-order valence-corrected chi connectivity index (χ1v) is 8.72. The number of rotatable bonds is 4. The van der Waals surface area contributed by atoms with Crippen LogP contribution in [0, 0.1) is 0 Å². The summed E-state index contributed by atoms with van der Waals surface area (Å²) in [5.74, 6) is -0.261. The molecule has 1 aliphatic carbocycles. The van der Waals surface area contributed by atoms with Gasteiger partial charge in [0.1, 0.15) is 12.1 Å². The van der Waals surface area contributed by atoms with Gasteiger partial charge in [-0.15, -0.1) is 0 Å². The van der Waals surface area contributed by atoms with Crippen LogP contribution in [0.15, 0.2) is 24.5 Å². The molecule has 1 aromatic heterocycles. The second-order valence-electron chi connectivity index (χ2n) is 6.78. The summed E-state index contributed by atoms with van der Waals surface area (Å²) in [6.07, 6.45) is 3.73. The number of hydrogen-bond donors (Lipinski definition) is 2. The third kappa shape index (κ3) is 4.49. The molecular formula is C17H23F3N4O. The molecule has 1 aliphatic heterocycles. The number of aromatic nitrogens is 1. The summed E-state index contributed by atoms with van der Waals surface area (Å²) in [5, 5.41) is 0. The van der Waals surface area contributed by atoms with E-state index in [0.717, 1.165) is 37.7 Å². The standard InChI is InChI=1S/C17H23F3N4O/c18-17(19,20)15-10-14(22-23-15)16(25)24(13-4-2-1-3-5-13)11-12-6-8-21-9-7-12/h6-9,13-15,22-23H,1-5,10-11H2. The number of hydrazine groups is 1. The SMILES string of the molecule is O=C(C1CC(C(F)(F)F)NN1)N(Cc1ccncc1)C1CCCCC1. The molecular weight excluding hydrogens is 333 g/mol. The van der Waals surface area contributed by atoms with Crippen molar-refractivity contribution in [1.29, 1.82) is 0 Å². The lowest BCUT2D eigenvalue weighted by molar-refractivity contribution is -0.153. The third-order valence-corrected chi connectivity index (χ3v) is 5.00. The zero-order valence-electron chi connectivity index (χ0n) is 13.9. The Balaban J connectivity index is 1.73. The van der Waals surface area contributed by atoms with Crippen LogP contribution in [0.4, 0.5) is 13.2 Å². The Hall–Kier alpha value is -1.67. The van der Waals surface area contributed by atoms with Crippen LogP contribution >= 0.6 is 0 Å². The van der Waals surface area contributed by atoms with E-state index in [1.165, 1.54) is 0 Å². The van der Waals surface area contributed by atoms with Crippen molar-refractivity contribution in [3.63, 3.8) is 0 Å². The largest absolute Gasteiger partial charge is 0.405 e. The zero-order chi connectivity index (χ0) is 17.9. The molecule has 2 aliphatic rings. The Labute approximate surface area is 145 Å². The molecule has 1 amide bonds. The molecule has 25 heavy (non-hydrogen) atoms. The lowest BCUT2D eigenvalue weighted by Gasteiger charge is -2.36. The van der Waals surface area contributed by atoms with Crippen LogP contribution in [-0.2, 0) is 11.3 Å². The van der Waals surface area contributed by atoms with Crippen LogP contribution in [0.5, 0.6) is 0 Å². The number of nitrogens with one attached hydrogen (secondary N) is 2. The van der Waals surface area contributed by atoms with Gasteiger partial charge in [0.05, 0.1) is 0 Å². The molecule has 138 valence electrons. The number of pyridine rings is 1. The minimum absolute atomic E-state index is 0.0844. The van der Waals surface area contributed by atoms with E-state index in [-0.39, 0.29) is 18.4 Å². The fraction of sp³-hybridized carbons (Fsp3) is 0.647. The first-order valence-electron chi connectivity index (χ1n) is 8.72. The Morgan fingerprint density at radius 3 is 2.44 bits per heavy atom. The van der Waals surface area contributed by atoms with Gasteiger partial charge in [-0.25, -0.2) is 10.9 Å². The molecule has 0 radical (unpaired) electrons. The number of nitrogens with zero attached hydrogens (tertiary/aromatic N) is 2. The Bertz CT molecular complexity index is 575. The molecule has 5 nitrogen and oxygen atoms in total. The van der Waals surface area contributed by atoms with E-state index in [1.54, 1.807) is 17.3 Å². The summed E-state index contributed by atoms with van der Waals surface area (Å²) < 4.78 is 38.6. The van der Waals surface area contributed by atoms with E-state index in [9.17, 15) is 18.0 Å². The molecule has 2 heterocycles. The predicted octanol–water partition coefficient (Wildman–Crippen LogP) is 2.54. The van der Waals surface area contributed by atoms with E-state index < -0.39 is 18.3 Å². The van der Waals surface area contributed by atoms with Crippen molar-refractivity contribution in [3.05, 3.63) is 30.1 Å². The van der Waals surface area contributed by atoms with Crippen molar-refractivity contribution in [2.75, 3.05) is 0 Å². The molecule has 2 atom stereocenters. The number of hydrogen-bond acceptors (Lipinski definition) is 4. The van der Waals surface area contributed by atoms with E-state index in [2.05, 4.69) is 15.8 Å². The molecule has 2 unspecified atom stereocenters. The van der Waals surface area contributed by atoms with Crippen LogP contribution in [-0.4, -0.2) is 40.1 Å². The molecule has 0 bridgehead atoms. The van der Waals surface area contributed by atoms with Gasteiger partial charge in [-0.1, -0.05) is 19.3 Å². The highest BCUT2D eigenvalue weighted by Crippen LogP contribution is 2.29.